The number of amides is 2. The van der Waals surface area contributed by atoms with Crippen LogP contribution in [-0.4, -0.2) is 41.9 Å². The lowest BCUT2D eigenvalue weighted by atomic mass is 10.1. The second-order valence-corrected chi connectivity index (χ2v) is 10.0. The summed E-state index contributed by atoms with van der Waals surface area (Å²) < 4.78 is 11.0. The van der Waals surface area contributed by atoms with Crippen molar-refractivity contribution in [1.29, 1.82) is 0 Å². The molecule has 1 heterocycles. The number of hydrogen-bond acceptors (Lipinski definition) is 6. The lowest BCUT2D eigenvalue weighted by Gasteiger charge is -2.19. The highest BCUT2D eigenvalue weighted by atomic mass is 35.5. The Kier molecular flexibility index (Phi) is 8.61. The molecule has 192 valence electrons. The molecular formula is C24H16Cl4N2O6S. The third-order valence-electron chi connectivity index (χ3n) is 5.02. The Morgan fingerprint density at radius 3 is 2.03 bits per heavy atom. The average Bonchev–Trinajstić information content (AvgIpc) is 2.88. The maximum atomic E-state index is 12.8. The number of carbonyl (C=O) groups is 3. The van der Waals surface area contributed by atoms with E-state index in [4.69, 9.17) is 55.9 Å². The number of hydrogen-bond donors (Lipinski definition) is 3. The zero-order chi connectivity index (χ0) is 26.7. The zero-order valence-corrected chi connectivity index (χ0v) is 22.4. The second-order valence-electron chi connectivity index (χ2n) is 7.48. The van der Waals surface area contributed by atoms with Crippen LogP contribution in [0, 0.1) is 0 Å². The van der Waals surface area contributed by atoms with Crippen LogP contribution in [0.4, 0.5) is 11.4 Å². The largest absolute Gasteiger partial charge is 0.486 e. The summed E-state index contributed by atoms with van der Waals surface area (Å²) in [4.78, 5) is 37.7. The van der Waals surface area contributed by atoms with E-state index in [2.05, 4.69) is 10.6 Å². The molecule has 0 bridgehead atoms. The van der Waals surface area contributed by atoms with Crippen LogP contribution in [0.1, 0.15) is 20.7 Å². The highest BCUT2D eigenvalue weighted by Gasteiger charge is 2.29. The minimum Gasteiger partial charge on any atom is -0.486 e. The molecule has 0 saturated carbocycles. The Morgan fingerprint density at radius 1 is 0.784 bits per heavy atom. The van der Waals surface area contributed by atoms with E-state index in [1.807, 2.05) is 0 Å². The number of halogens is 4. The van der Waals surface area contributed by atoms with E-state index >= 15 is 0 Å². The van der Waals surface area contributed by atoms with E-state index in [0.717, 1.165) is 4.90 Å². The normalized spacial score (nSPS) is 12.1. The summed E-state index contributed by atoms with van der Waals surface area (Å²) in [6, 6.07) is 11.7. The van der Waals surface area contributed by atoms with Crippen LogP contribution in [0.15, 0.2) is 47.4 Å². The van der Waals surface area contributed by atoms with Crippen molar-refractivity contribution in [3.63, 3.8) is 0 Å². The van der Waals surface area contributed by atoms with Crippen molar-refractivity contribution in [1.82, 2.24) is 0 Å². The molecule has 3 aromatic carbocycles. The summed E-state index contributed by atoms with van der Waals surface area (Å²) in [5.74, 6) is -1.19. The number of aromatic carboxylic acids is 1. The van der Waals surface area contributed by atoms with Gasteiger partial charge in [-0.2, -0.15) is 0 Å². The summed E-state index contributed by atoms with van der Waals surface area (Å²) in [6.45, 7) is 0.935. The van der Waals surface area contributed by atoms with Gasteiger partial charge < -0.3 is 25.2 Å². The molecule has 2 amide bonds. The van der Waals surface area contributed by atoms with Gasteiger partial charge in [0.05, 0.1) is 37.0 Å². The van der Waals surface area contributed by atoms with Crippen LogP contribution in [-0.2, 0) is 4.79 Å². The van der Waals surface area contributed by atoms with E-state index in [0.29, 0.717) is 36.1 Å². The number of ether oxygens (including phenoxy) is 2. The Bertz CT molecular complexity index is 1400. The summed E-state index contributed by atoms with van der Waals surface area (Å²) in [5.41, 5.74) is -0.0306. The fourth-order valence-electron chi connectivity index (χ4n) is 3.34. The first kappa shape index (κ1) is 27.2. The quantitative estimate of drug-likeness (QED) is 0.156. The predicted molar refractivity (Wildman–Crippen MR) is 145 cm³/mol. The van der Waals surface area contributed by atoms with E-state index < -0.39 is 28.0 Å². The van der Waals surface area contributed by atoms with Crippen molar-refractivity contribution in [3.05, 3.63) is 73.7 Å². The number of carboxylic acids is 1. The monoisotopic (exact) mass is 600 g/mol. The third kappa shape index (κ3) is 6.19. The van der Waals surface area contributed by atoms with Crippen molar-refractivity contribution in [2.24, 2.45) is 0 Å². The molecule has 0 aromatic heterocycles. The minimum absolute atomic E-state index is 0.138. The summed E-state index contributed by atoms with van der Waals surface area (Å²) in [7, 11) is 0. The molecule has 8 nitrogen and oxygen atoms in total. The van der Waals surface area contributed by atoms with Gasteiger partial charge in [-0.1, -0.05) is 46.4 Å². The van der Waals surface area contributed by atoms with Gasteiger partial charge >= 0.3 is 5.97 Å². The van der Waals surface area contributed by atoms with Crippen molar-refractivity contribution in [2.75, 3.05) is 29.6 Å². The molecule has 0 radical (unpaired) electrons. The average molecular weight is 602 g/mol. The molecule has 0 spiro atoms. The molecule has 4 rings (SSSR count). The Hall–Kier alpha value is -2.82. The summed E-state index contributed by atoms with van der Waals surface area (Å²) in [5, 5.41) is 13.7. The number of anilines is 2. The van der Waals surface area contributed by atoms with E-state index in [-0.39, 0.29) is 26.7 Å². The molecule has 1 aliphatic rings. The molecule has 0 atom stereocenters. The Labute approximate surface area is 235 Å². The molecule has 3 aromatic rings. The molecule has 13 heteroatoms. The highest BCUT2D eigenvalue weighted by Crippen LogP contribution is 2.42. The van der Waals surface area contributed by atoms with Crippen molar-refractivity contribution < 1.29 is 29.0 Å². The molecule has 0 fully saturated rings. The van der Waals surface area contributed by atoms with Gasteiger partial charge in [0, 0.05) is 22.3 Å². The first-order valence-corrected chi connectivity index (χ1v) is 13.0. The SMILES string of the molecule is O=C(CSc1ccc(NC(=O)c2c(Cl)c(Cl)c(Cl)c(Cl)c2C(=O)O)cc1)Nc1ccc2c(c1)OCCO2. The number of nitrogens with one attached hydrogen (secondary N) is 2. The number of rotatable bonds is 7. The Morgan fingerprint density at radius 2 is 1.38 bits per heavy atom. The van der Waals surface area contributed by atoms with Gasteiger partial charge in [0.25, 0.3) is 5.91 Å². The predicted octanol–water partition coefficient (Wildman–Crippen LogP) is 6.75. The molecular weight excluding hydrogens is 586 g/mol. The van der Waals surface area contributed by atoms with Crippen LogP contribution in [0.25, 0.3) is 0 Å². The molecule has 3 N–H and O–H groups in total. The first-order valence-electron chi connectivity index (χ1n) is 10.5. The molecule has 37 heavy (non-hydrogen) atoms. The molecule has 1 aliphatic heterocycles. The number of carbonyl (C=O) groups excluding carboxylic acids is 2. The van der Waals surface area contributed by atoms with Gasteiger partial charge in [-0.25, -0.2) is 4.79 Å². The maximum absolute atomic E-state index is 12.8. The van der Waals surface area contributed by atoms with Crippen LogP contribution in [0.2, 0.25) is 20.1 Å². The van der Waals surface area contributed by atoms with Crippen LogP contribution in [0.5, 0.6) is 11.5 Å². The van der Waals surface area contributed by atoms with Crippen molar-refractivity contribution in [3.8, 4) is 11.5 Å². The van der Waals surface area contributed by atoms with Gasteiger partial charge in [0.1, 0.15) is 13.2 Å². The molecule has 0 unspecified atom stereocenters. The number of thioether (sulfide) groups is 1. The topological polar surface area (TPSA) is 114 Å². The Balaban J connectivity index is 1.38. The van der Waals surface area contributed by atoms with Gasteiger partial charge in [0.15, 0.2) is 11.5 Å². The zero-order valence-electron chi connectivity index (χ0n) is 18.6. The number of fused-ring (bicyclic) bond motifs is 1. The first-order chi connectivity index (χ1) is 17.7. The van der Waals surface area contributed by atoms with E-state index in [9.17, 15) is 19.5 Å². The minimum atomic E-state index is -1.49. The van der Waals surface area contributed by atoms with Gasteiger partial charge in [0.2, 0.25) is 5.91 Å². The second kappa shape index (κ2) is 11.7. The van der Waals surface area contributed by atoms with Gasteiger partial charge in [-0.15, -0.1) is 11.8 Å². The van der Waals surface area contributed by atoms with Crippen LogP contribution >= 0.6 is 58.2 Å². The highest BCUT2D eigenvalue weighted by molar-refractivity contribution is 8.00. The lowest BCUT2D eigenvalue weighted by Crippen LogP contribution is -2.18. The van der Waals surface area contributed by atoms with Crippen LogP contribution < -0.4 is 20.1 Å². The van der Waals surface area contributed by atoms with E-state index in [1.165, 1.54) is 11.8 Å². The fraction of sp³-hybridized carbons (Fsp3) is 0.125. The smallest absolute Gasteiger partial charge is 0.338 e. The maximum Gasteiger partial charge on any atom is 0.338 e. The van der Waals surface area contributed by atoms with Crippen molar-refractivity contribution in [2.45, 2.75) is 4.90 Å². The van der Waals surface area contributed by atoms with Gasteiger partial charge in [-0.05, 0) is 36.4 Å². The lowest BCUT2D eigenvalue weighted by molar-refractivity contribution is -0.113. The standard InChI is InChI=1S/C24H16Cl4N2O6S/c25-19-17(18(24(33)34)20(26)22(28)21(19)27)23(32)30-11-1-4-13(5-2-11)37-10-16(31)29-12-3-6-14-15(9-12)36-8-7-35-14/h1-6,9H,7-8,10H2,(H,29,31)(H,30,32)(H,33,34). The van der Waals surface area contributed by atoms with E-state index in [1.54, 1.807) is 42.5 Å². The summed E-state index contributed by atoms with van der Waals surface area (Å²) in [6.07, 6.45) is 0. The number of carboxylic acid groups (broad SMARTS) is 1. The molecule has 0 saturated heterocycles. The van der Waals surface area contributed by atoms with Crippen LogP contribution in [0.3, 0.4) is 0 Å². The molecule has 0 aliphatic carbocycles. The van der Waals surface area contributed by atoms with Gasteiger partial charge in [-0.3, -0.25) is 9.59 Å². The van der Waals surface area contributed by atoms with Crippen molar-refractivity contribution >= 4 is 87.3 Å². The number of benzene rings is 3. The fourth-order valence-corrected chi connectivity index (χ4v) is 5.06. The third-order valence-corrected chi connectivity index (χ3v) is 7.83. The summed E-state index contributed by atoms with van der Waals surface area (Å²) >= 11 is 25.3.